The van der Waals surface area contributed by atoms with Crippen LogP contribution in [0, 0.1) is 0 Å². The maximum atomic E-state index is 5.86. The molecule has 1 saturated heterocycles. The lowest BCUT2D eigenvalue weighted by Gasteiger charge is -2.32. The number of nitrogens with zero attached hydrogens (tertiary/aromatic N) is 2. The fourth-order valence-corrected chi connectivity index (χ4v) is 1.63. The first-order valence-electron chi connectivity index (χ1n) is 5.16. The van der Waals surface area contributed by atoms with Crippen molar-refractivity contribution in [3.05, 3.63) is 17.4 Å². The van der Waals surface area contributed by atoms with Crippen molar-refractivity contribution in [2.45, 2.75) is 38.9 Å². The Morgan fingerprint density at radius 1 is 1.19 bits per heavy atom. The Balaban J connectivity index is 2.27. The van der Waals surface area contributed by atoms with Gasteiger partial charge in [0.05, 0.1) is 11.2 Å². The number of aromatic nitrogens is 2. The molecule has 0 spiro atoms. The third kappa shape index (κ3) is 1.95. The summed E-state index contributed by atoms with van der Waals surface area (Å²) in [7, 11) is -0.432. The van der Waals surface area contributed by atoms with Crippen LogP contribution in [0.4, 0.5) is 0 Å². The van der Waals surface area contributed by atoms with Crippen LogP contribution in [0.25, 0.3) is 0 Å². The Kier molecular flexibility index (Phi) is 2.73. The second-order valence-electron chi connectivity index (χ2n) is 4.90. The fraction of sp³-hybridized carbons (Fsp3) is 0.600. The molecule has 86 valence electrons. The van der Waals surface area contributed by atoms with Crippen LogP contribution in [-0.4, -0.2) is 28.5 Å². The first-order chi connectivity index (χ1) is 7.32. The zero-order chi connectivity index (χ0) is 12.0. The maximum Gasteiger partial charge on any atom is 0.496 e. The second kappa shape index (κ2) is 3.69. The molecule has 0 amide bonds. The van der Waals surface area contributed by atoms with Crippen LogP contribution in [0.2, 0.25) is 5.15 Å². The second-order valence-corrected chi connectivity index (χ2v) is 5.29. The van der Waals surface area contributed by atoms with Crippen molar-refractivity contribution in [3.8, 4) is 0 Å². The predicted octanol–water partition coefficient (Wildman–Crippen LogP) is 1.43. The van der Waals surface area contributed by atoms with Gasteiger partial charge in [-0.2, -0.15) is 5.10 Å². The molecule has 0 saturated carbocycles. The number of halogens is 1. The number of hydrogen-bond donors (Lipinski definition) is 0. The summed E-state index contributed by atoms with van der Waals surface area (Å²) in [5.41, 5.74) is 0.0829. The average Bonchev–Trinajstić information content (AvgIpc) is 2.36. The van der Waals surface area contributed by atoms with Crippen LogP contribution >= 0.6 is 11.6 Å². The molecule has 1 fully saturated rings. The summed E-state index contributed by atoms with van der Waals surface area (Å²) in [6, 6.07) is 1.71. The van der Waals surface area contributed by atoms with Gasteiger partial charge in [0.1, 0.15) is 0 Å². The Morgan fingerprint density at radius 2 is 1.75 bits per heavy atom. The van der Waals surface area contributed by atoms with Crippen LogP contribution in [0.3, 0.4) is 0 Å². The highest BCUT2D eigenvalue weighted by atomic mass is 35.5. The summed E-state index contributed by atoms with van der Waals surface area (Å²) < 4.78 is 11.7. The Bertz CT molecular complexity index is 396. The molecule has 1 aliphatic heterocycles. The molecule has 0 aliphatic carbocycles. The van der Waals surface area contributed by atoms with Crippen LogP contribution in [0.15, 0.2) is 12.3 Å². The Morgan fingerprint density at radius 3 is 2.25 bits per heavy atom. The van der Waals surface area contributed by atoms with Crippen LogP contribution in [0.1, 0.15) is 27.7 Å². The fourth-order valence-electron chi connectivity index (χ4n) is 1.46. The summed E-state index contributed by atoms with van der Waals surface area (Å²) in [5.74, 6) is 0. The minimum atomic E-state index is -0.432. The van der Waals surface area contributed by atoms with Crippen LogP contribution < -0.4 is 5.46 Å². The molecular formula is C10H14BClN2O2. The molecule has 0 bridgehead atoms. The minimum absolute atomic E-state index is 0.340. The zero-order valence-electron chi connectivity index (χ0n) is 9.82. The van der Waals surface area contributed by atoms with Gasteiger partial charge in [-0.25, -0.2) is 0 Å². The summed E-state index contributed by atoms with van der Waals surface area (Å²) >= 11 is 5.78. The van der Waals surface area contributed by atoms with Crippen molar-refractivity contribution in [2.24, 2.45) is 0 Å². The summed E-state index contributed by atoms with van der Waals surface area (Å²) in [5, 5.41) is 7.81. The van der Waals surface area contributed by atoms with E-state index in [9.17, 15) is 0 Å². The van der Waals surface area contributed by atoms with Gasteiger partial charge in [-0.1, -0.05) is 11.6 Å². The third-order valence-corrected chi connectivity index (χ3v) is 3.36. The lowest BCUT2D eigenvalue weighted by molar-refractivity contribution is 0.00578. The van der Waals surface area contributed by atoms with Gasteiger partial charge in [-0.05, 0) is 33.8 Å². The normalized spacial score (nSPS) is 22.4. The van der Waals surface area contributed by atoms with Gasteiger partial charge in [-0.3, -0.25) is 0 Å². The van der Waals surface area contributed by atoms with Crippen molar-refractivity contribution >= 4 is 24.2 Å². The first-order valence-corrected chi connectivity index (χ1v) is 5.53. The van der Waals surface area contributed by atoms with E-state index in [0.29, 0.717) is 5.15 Å². The van der Waals surface area contributed by atoms with Gasteiger partial charge in [-0.15, -0.1) is 5.10 Å². The molecule has 1 aromatic heterocycles. The van der Waals surface area contributed by atoms with E-state index in [1.54, 1.807) is 12.3 Å². The first kappa shape index (κ1) is 11.8. The average molecular weight is 240 g/mol. The van der Waals surface area contributed by atoms with Crippen molar-refractivity contribution in [2.75, 3.05) is 0 Å². The summed E-state index contributed by atoms with van der Waals surface area (Å²) in [6.45, 7) is 8.01. The molecule has 0 unspecified atom stereocenters. The predicted molar refractivity (Wildman–Crippen MR) is 62.8 cm³/mol. The topological polar surface area (TPSA) is 44.2 Å². The highest BCUT2D eigenvalue weighted by Crippen LogP contribution is 2.36. The van der Waals surface area contributed by atoms with Crippen molar-refractivity contribution in [3.63, 3.8) is 0 Å². The van der Waals surface area contributed by atoms with Crippen molar-refractivity contribution in [1.82, 2.24) is 10.2 Å². The molecule has 4 nitrogen and oxygen atoms in total. The maximum absolute atomic E-state index is 5.86. The Hall–Kier alpha value is -0.645. The molecule has 1 aromatic rings. The monoisotopic (exact) mass is 240 g/mol. The molecular weight excluding hydrogens is 226 g/mol. The van der Waals surface area contributed by atoms with Crippen molar-refractivity contribution in [1.29, 1.82) is 0 Å². The molecule has 16 heavy (non-hydrogen) atoms. The van der Waals surface area contributed by atoms with E-state index >= 15 is 0 Å². The minimum Gasteiger partial charge on any atom is -0.399 e. The third-order valence-electron chi connectivity index (χ3n) is 3.17. The molecule has 0 aromatic carbocycles. The van der Waals surface area contributed by atoms with Gasteiger partial charge in [0.2, 0.25) is 0 Å². The standard InChI is InChI=1S/C10H14BClN2O2/c1-9(2)10(3,4)16-11(15-9)7-5-8(12)14-13-6-7/h5-6H,1-4H3. The van der Waals surface area contributed by atoms with Gasteiger partial charge in [0.25, 0.3) is 0 Å². The quantitative estimate of drug-likeness (QED) is 0.697. The molecule has 0 N–H and O–H groups in total. The summed E-state index contributed by atoms with van der Waals surface area (Å²) in [6.07, 6.45) is 1.61. The molecule has 2 rings (SSSR count). The van der Waals surface area contributed by atoms with E-state index in [-0.39, 0.29) is 11.2 Å². The zero-order valence-corrected chi connectivity index (χ0v) is 10.6. The van der Waals surface area contributed by atoms with Gasteiger partial charge in [0.15, 0.2) is 5.15 Å². The molecule has 0 atom stereocenters. The number of hydrogen-bond acceptors (Lipinski definition) is 4. The van der Waals surface area contributed by atoms with E-state index in [4.69, 9.17) is 20.9 Å². The van der Waals surface area contributed by atoms with Crippen LogP contribution in [0.5, 0.6) is 0 Å². The smallest absolute Gasteiger partial charge is 0.399 e. The SMILES string of the molecule is CC1(C)OB(c2cnnc(Cl)c2)OC1(C)C. The Labute approximate surface area is 100 Å². The van der Waals surface area contributed by atoms with Crippen LogP contribution in [-0.2, 0) is 9.31 Å². The lowest BCUT2D eigenvalue weighted by atomic mass is 9.81. The van der Waals surface area contributed by atoms with E-state index in [0.717, 1.165) is 5.46 Å². The van der Waals surface area contributed by atoms with E-state index in [1.807, 2.05) is 27.7 Å². The van der Waals surface area contributed by atoms with Crippen molar-refractivity contribution < 1.29 is 9.31 Å². The summed E-state index contributed by atoms with van der Waals surface area (Å²) in [4.78, 5) is 0. The van der Waals surface area contributed by atoms with E-state index in [1.165, 1.54) is 0 Å². The van der Waals surface area contributed by atoms with Gasteiger partial charge < -0.3 is 9.31 Å². The van der Waals surface area contributed by atoms with E-state index < -0.39 is 7.12 Å². The van der Waals surface area contributed by atoms with Gasteiger partial charge in [0, 0.05) is 11.7 Å². The highest BCUT2D eigenvalue weighted by molar-refractivity contribution is 6.62. The lowest BCUT2D eigenvalue weighted by Crippen LogP contribution is -2.41. The molecule has 6 heteroatoms. The largest absolute Gasteiger partial charge is 0.496 e. The number of rotatable bonds is 1. The van der Waals surface area contributed by atoms with E-state index in [2.05, 4.69) is 10.2 Å². The molecule has 2 heterocycles. The molecule has 0 radical (unpaired) electrons. The highest BCUT2D eigenvalue weighted by Gasteiger charge is 2.51. The molecule has 1 aliphatic rings. The van der Waals surface area contributed by atoms with Gasteiger partial charge >= 0.3 is 7.12 Å².